The summed E-state index contributed by atoms with van der Waals surface area (Å²) in [6.45, 7) is 11.5. The number of ketones is 1. The second kappa shape index (κ2) is 7.57. The Kier molecular flexibility index (Phi) is 7.07. The highest BCUT2D eigenvalue weighted by atomic mass is 16.4. The molecule has 0 fully saturated rings. The van der Waals surface area contributed by atoms with Crippen LogP contribution in [-0.4, -0.2) is 28.8 Å². The number of carboxylic acid groups (broad SMARTS) is 1. The molecule has 0 aliphatic carbocycles. The first-order valence-electron chi connectivity index (χ1n) is 7.44. The molecule has 21 heavy (non-hydrogen) atoms. The zero-order valence-electron chi connectivity index (χ0n) is 14.1. The summed E-state index contributed by atoms with van der Waals surface area (Å²) in [5.74, 6) is -1.38. The molecule has 0 aliphatic heterocycles. The van der Waals surface area contributed by atoms with Crippen molar-refractivity contribution in [3.05, 3.63) is 0 Å². The van der Waals surface area contributed by atoms with Crippen LogP contribution in [0.5, 0.6) is 0 Å². The van der Waals surface area contributed by atoms with E-state index in [9.17, 15) is 19.5 Å². The lowest BCUT2D eigenvalue weighted by Gasteiger charge is -2.32. The van der Waals surface area contributed by atoms with E-state index in [4.69, 9.17) is 0 Å². The summed E-state index contributed by atoms with van der Waals surface area (Å²) >= 11 is 0. The van der Waals surface area contributed by atoms with Gasteiger partial charge >= 0.3 is 5.97 Å². The van der Waals surface area contributed by atoms with Gasteiger partial charge in [-0.1, -0.05) is 41.5 Å². The smallest absolute Gasteiger partial charge is 0.326 e. The Morgan fingerprint density at radius 1 is 1.10 bits per heavy atom. The molecule has 0 bridgehead atoms. The number of nitrogens with one attached hydrogen (secondary N) is 1. The number of carbonyl (C=O) groups excluding carboxylic acids is 2. The highest BCUT2D eigenvalue weighted by Gasteiger charge is 2.34. The Morgan fingerprint density at radius 3 is 2.00 bits per heavy atom. The van der Waals surface area contributed by atoms with Crippen LogP contribution in [0.25, 0.3) is 0 Å². The van der Waals surface area contributed by atoms with Gasteiger partial charge in [0.05, 0.1) is 0 Å². The largest absolute Gasteiger partial charge is 0.480 e. The first-order chi connectivity index (χ1) is 9.39. The molecular weight excluding hydrogens is 270 g/mol. The van der Waals surface area contributed by atoms with E-state index in [0.717, 1.165) is 0 Å². The van der Waals surface area contributed by atoms with E-state index < -0.39 is 17.4 Å². The van der Waals surface area contributed by atoms with Crippen molar-refractivity contribution in [1.82, 2.24) is 5.32 Å². The Balaban J connectivity index is 4.74. The molecule has 2 N–H and O–H groups in total. The minimum Gasteiger partial charge on any atom is -0.480 e. The van der Waals surface area contributed by atoms with Gasteiger partial charge < -0.3 is 10.4 Å². The summed E-state index contributed by atoms with van der Waals surface area (Å²) in [7, 11) is 0. The van der Waals surface area contributed by atoms with Gasteiger partial charge in [0.1, 0.15) is 11.8 Å². The summed E-state index contributed by atoms with van der Waals surface area (Å²) < 4.78 is 0. The van der Waals surface area contributed by atoms with E-state index in [2.05, 4.69) is 5.32 Å². The van der Waals surface area contributed by atoms with Gasteiger partial charge in [0.25, 0.3) is 0 Å². The highest BCUT2D eigenvalue weighted by molar-refractivity contribution is 5.87. The van der Waals surface area contributed by atoms with Crippen molar-refractivity contribution in [2.24, 2.45) is 10.8 Å². The third-order valence-electron chi connectivity index (χ3n) is 3.30. The average Bonchev–Trinajstić information content (AvgIpc) is 2.30. The number of carboxylic acids is 1. The molecule has 0 heterocycles. The molecule has 5 nitrogen and oxygen atoms in total. The van der Waals surface area contributed by atoms with E-state index in [1.165, 1.54) is 0 Å². The number of rotatable bonds is 8. The summed E-state index contributed by atoms with van der Waals surface area (Å²) in [4.78, 5) is 34.8. The van der Waals surface area contributed by atoms with Crippen LogP contribution in [0.4, 0.5) is 0 Å². The third-order valence-corrected chi connectivity index (χ3v) is 3.30. The van der Waals surface area contributed by atoms with Gasteiger partial charge in [-0.3, -0.25) is 9.59 Å². The van der Waals surface area contributed by atoms with Crippen LogP contribution in [0, 0.1) is 10.8 Å². The number of Topliss-reactive ketones (excluding diaryl/α,β-unsaturated/α-hetero) is 1. The van der Waals surface area contributed by atoms with Crippen LogP contribution in [0.1, 0.15) is 67.2 Å². The van der Waals surface area contributed by atoms with Crippen LogP contribution in [-0.2, 0) is 14.4 Å². The van der Waals surface area contributed by atoms with Gasteiger partial charge in [-0.25, -0.2) is 4.79 Å². The molecule has 0 aromatic carbocycles. The maximum Gasteiger partial charge on any atom is 0.326 e. The summed E-state index contributed by atoms with van der Waals surface area (Å²) in [5.41, 5.74) is -0.682. The van der Waals surface area contributed by atoms with Crippen molar-refractivity contribution in [2.45, 2.75) is 73.3 Å². The number of hydrogen-bond acceptors (Lipinski definition) is 3. The molecule has 0 aromatic heterocycles. The number of hydrogen-bond donors (Lipinski definition) is 2. The van der Waals surface area contributed by atoms with E-state index in [-0.39, 0.29) is 29.9 Å². The quantitative estimate of drug-likeness (QED) is 0.722. The summed E-state index contributed by atoms with van der Waals surface area (Å²) in [6.07, 6.45) is 1.34. The molecule has 1 atom stereocenters. The molecule has 0 aromatic rings. The SMILES string of the molecule is CCC(=O)CCC(NC(=O)C(C)(C)CC(C)(C)C)C(=O)O. The minimum atomic E-state index is -1.10. The Bertz CT molecular complexity index is 394. The van der Waals surface area contributed by atoms with Crippen LogP contribution < -0.4 is 5.32 Å². The second-order valence-electron chi connectivity index (χ2n) is 7.42. The van der Waals surface area contributed by atoms with Gasteiger partial charge in [-0.05, 0) is 18.3 Å². The number of aliphatic carboxylic acids is 1. The number of carbonyl (C=O) groups is 3. The zero-order valence-corrected chi connectivity index (χ0v) is 14.1. The lowest BCUT2D eigenvalue weighted by Crippen LogP contribution is -2.47. The van der Waals surface area contributed by atoms with Gasteiger partial charge in [0.2, 0.25) is 5.91 Å². The first kappa shape index (κ1) is 19.6. The third kappa shape index (κ3) is 7.83. The normalized spacial score (nSPS) is 13.6. The Hall–Kier alpha value is -1.39. The van der Waals surface area contributed by atoms with Gasteiger partial charge in [0, 0.05) is 18.3 Å². The van der Waals surface area contributed by atoms with Crippen molar-refractivity contribution in [2.75, 3.05) is 0 Å². The fourth-order valence-electron chi connectivity index (χ4n) is 2.50. The van der Waals surface area contributed by atoms with Crippen LogP contribution in [0.2, 0.25) is 0 Å². The lowest BCUT2D eigenvalue weighted by molar-refractivity contribution is -0.144. The Morgan fingerprint density at radius 2 is 1.62 bits per heavy atom. The maximum atomic E-state index is 12.3. The van der Waals surface area contributed by atoms with Gasteiger partial charge in [-0.2, -0.15) is 0 Å². The summed E-state index contributed by atoms with van der Waals surface area (Å²) in [5, 5.41) is 11.7. The molecule has 0 saturated carbocycles. The molecule has 122 valence electrons. The fraction of sp³-hybridized carbons (Fsp3) is 0.812. The molecular formula is C16H29NO4. The van der Waals surface area contributed by atoms with E-state index >= 15 is 0 Å². The van der Waals surface area contributed by atoms with E-state index in [1.54, 1.807) is 6.92 Å². The standard InChI is InChI=1S/C16H29NO4/c1-7-11(18)8-9-12(13(19)20)17-14(21)16(5,6)10-15(2,3)4/h12H,7-10H2,1-6H3,(H,17,21)(H,19,20). The van der Waals surface area contributed by atoms with Crippen LogP contribution >= 0.6 is 0 Å². The molecule has 0 radical (unpaired) electrons. The molecule has 0 aliphatic rings. The maximum absolute atomic E-state index is 12.3. The van der Waals surface area contributed by atoms with Crippen molar-refractivity contribution < 1.29 is 19.5 Å². The predicted molar refractivity (Wildman–Crippen MR) is 82.0 cm³/mol. The fourth-order valence-corrected chi connectivity index (χ4v) is 2.50. The minimum absolute atomic E-state index is 0.00412. The monoisotopic (exact) mass is 299 g/mol. The highest BCUT2D eigenvalue weighted by Crippen LogP contribution is 2.33. The van der Waals surface area contributed by atoms with Crippen molar-refractivity contribution in [3.63, 3.8) is 0 Å². The van der Waals surface area contributed by atoms with E-state index in [0.29, 0.717) is 12.8 Å². The van der Waals surface area contributed by atoms with Gasteiger partial charge in [-0.15, -0.1) is 0 Å². The topological polar surface area (TPSA) is 83.5 Å². The summed E-state index contributed by atoms with van der Waals surface area (Å²) in [6, 6.07) is -1.01. The zero-order chi connectivity index (χ0) is 16.8. The average molecular weight is 299 g/mol. The molecule has 5 heteroatoms. The number of amides is 1. The van der Waals surface area contributed by atoms with Crippen LogP contribution in [0.3, 0.4) is 0 Å². The predicted octanol–water partition coefficient (Wildman–Crippen LogP) is 2.78. The van der Waals surface area contributed by atoms with E-state index in [1.807, 2.05) is 34.6 Å². The second-order valence-corrected chi connectivity index (χ2v) is 7.42. The van der Waals surface area contributed by atoms with Crippen molar-refractivity contribution in [1.29, 1.82) is 0 Å². The Labute approximate surface area is 127 Å². The molecule has 0 rings (SSSR count). The molecule has 0 spiro atoms. The first-order valence-corrected chi connectivity index (χ1v) is 7.44. The van der Waals surface area contributed by atoms with Crippen molar-refractivity contribution >= 4 is 17.7 Å². The van der Waals surface area contributed by atoms with Crippen molar-refractivity contribution in [3.8, 4) is 0 Å². The van der Waals surface area contributed by atoms with Gasteiger partial charge in [0.15, 0.2) is 0 Å². The molecule has 1 unspecified atom stereocenters. The molecule has 0 saturated heterocycles. The van der Waals surface area contributed by atoms with Crippen LogP contribution in [0.15, 0.2) is 0 Å². The lowest BCUT2D eigenvalue weighted by atomic mass is 9.75. The molecule has 1 amide bonds.